The first-order valence-electron chi connectivity index (χ1n) is 7.79. The molecular weight excluding hydrogens is 238 g/mol. The fourth-order valence-corrected chi connectivity index (χ4v) is 3.52. The molecule has 0 saturated carbocycles. The van der Waals surface area contributed by atoms with Crippen LogP contribution in [0, 0.1) is 0 Å². The molecule has 2 atom stereocenters. The number of nitrogens with zero attached hydrogens (tertiary/aromatic N) is 2. The molecule has 0 bridgehead atoms. The number of piperidine rings is 1. The van der Waals surface area contributed by atoms with Gasteiger partial charge >= 0.3 is 0 Å². The molecule has 2 saturated heterocycles. The van der Waals surface area contributed by atoms with Crippen LogP contribution in [0.5, 0.6) is 0 Å². The SMILES string of the molecule is COC(C)(C)CC(CN)N1CCN2CCCCC2C1. The first kappa shape index (κ1) is 15.2. The summed E-state index contributed by atoms with van der Waals surface area (Å²) >= 11 is 0. The zero-order valence-corrected chi connectivity index (χ0v) is 12.9. The molecule has 2 heterocycles. The summed E-state index contributed by atoms with van der Waals surface area (Å²) in [5, 5.41) is 0. The van der Waals surface area contributed by atoms with Crippen molar-refractivity contribution in [2.24, 2.45) is 5.73 Å². The molecule has 2 rings (SSSR count). The molecule has 0 aromatic carbocycles. The Kier molecular flexibility index (Phi) is 5.23. The predicted octanol–water partition coefficient (Wildman–Crippen LogP) is 1.30. The molecule has 112 valence electrons. The topological polar surface area (TPSA) is 41.7 Å². The van der Waals surface area contributed by atoms with Crippen molar-refractivity contribution in [2.45, 2.75) is 57.2 Å². The Labute approximate surface area is 118 Å². The number of methoxy groups -OCH3 is 1. The highest BCUT2D eigenvalue weighted by Crippen LogP contribution is 2.25. The van der Waals surface area contributed by atoms with Crippen molar-refractivity contribution in [3.63, 3.8) is 0 Å². The smallest absolute Gasteiger partial charge is 0.0638 e. The highest BCUT2D eigenvalue weighted by molar-refractivity contribution is 4.90. The van der Waals surface area contributed by atoms with Gasteiger partial charge < -0.3 is 10.5 Å². The number of hydrogen-bond donors (Lipinski definition) is 1. The Balaban J connectivity index is 1.92. The van der Waals surface area contributed by atoms with E-state index in [2.05, 4.69) is 23.6 Å². The van der Waals surface area contributed by atoms with Crippen molar-refractivity contribution >= 4 is 0 Å². The molecule has 4 heteroatoms. The van der Waals surface area contributed by atoms with Gasteiger partial charge in [-0.2, -0.15) is 0 Å². The lowest BCUT2D eigenvalue weighted by Crippen LogP contribution is -2.59. The van der Waals surface area contributed by atoms with Crippen LogP contribution in [0.15, 0.2) is 0 Å². The van der Waals surface area contributed by atoms with E-state index in [0.717, 1.165) is 25.6 Å². The Morgan fingerprint density at radius 2 is 2.05 bits per heavy atom. The molecule has 4 nitrogen and oxygen atoms in total. The highest BCUT2D eigenvalue weighted by atomic mass is 16.5. The maximum atomic E-state index is 6.02. The van der Waals surface area contributed by atoms with E-state index in [-0.39, 0.29) is 5.60 Å². The lowest BCUT2D eigenvalue weighted by atomic mass is 9.94. The second kappa shape index (κ2) is 6.53. The normalized spacial score (nSPS) is 28.1. The molecule has 0 radical (unpaired) electrons. The summed E-state index contributed by atoms with van der Waals surface area (Å²) in [7, 11) is 1.80. The van der Waals surface area contributed by atoms with Crippen molar-refractivity contribution in [1.29, 1.82) is 0 Å². The minimum absolute atomic E-state index is 0.0757. The van der Waals surface area contributed by atoms with Crippen LogP contribution in [0.4, 0.5) is 0 Å². The molecule has 0 aromatic heterocycles. The fraction of sp³-hybridized carbons (Fsp3) is 1.00. The maximum Gasteiger partial charge on any atom is 0.0638 e. The van der Waals surface area contributed by atoms with Crippen LogP contribution in [-0.2, 0) is 4.74 Å². The molecule has 0 aromatic rings. The lowest BCUT2D eigenvalue weighted by molar-refractivity contribution is -0.0268. The minimum atomic E-state index is -0.0757. The van der Waals surface area contributed by atoms with Gasteiger partial charge in [0.15, 0.2) is 0 Å². The largest absolute Gasteiger partial charge is 0.379 e. The average molecular weight is 269 g/mol. The Morgan fingerprint density at radius 3 is 2.74 bits per heavy atom. The molecule has 2 fully saturated rings. The molecule has 19 heavy (non-hydrogen) atoms. The van der Waals surface area contributed by atoms with Crippen molar-refractivity contribution in [3.05, 3.63) is 0 Å². The van der Waals surface area contributed by atoms with Crippen LogP contribution >= 0.6 is 0 Å². The van der Waals surface area contributed by atoms with Crippen LogP contribution in [-0.4, -0.2) is 67.3 Å². The maximum absolute atomic E-state index is 6.02. The number of ether oxygens (including phenoxy) is 1. The van der Waals surface area contributed by atoms with Crippen molar-refractivity contribution < 1.29 is 4.74 Å². The van der Waals surface area contributed by atoms with E-state index in [1.807, 2.05) is 0 Å². The second-order valence-corrected chi connectivity index (χ2v) is 6.74. The first-order valence-corrected chi connectivity index (χ1v) is 7.79. The van der Waals surface area contributed by atoms with E-state index in [1.165, 1.54) is 38.9 Å². The van der Waals surface area contributed by atoms with Gasteiger partial charge in [0.05, 0.1) is 5.60 Å². The monoisotopic (exact) mass is 269 g/mol. The van der Waals surface area contributed by atoms with Gasteiger partial charge in [-0.25, -0.2) is 0 Å². The summed E-state index contributed by atoms with van der Waals surface area (Å²) in [6.07, 6.45) is 5.16. The minimum Gasteiger partial charge on any atom is -0.379 e. The van der Waals surface area contributed by atoms with Gasteiger partial charge in [0.1, 0.15) is 0 Å². The molecule has 0 aliphatic carbocycles. The third kappa shape index (κ3) is 3.91. The van der Waals surface area contributed by atoms with Crippen LogP contribution in [0.25, 0.3) is 0 Å². The number of piperazine rings is 1. The van der Waals surface area contributed by atoms with Gasteiger partial charge in [0, 0.05) is 45.4 Å². The molecule has 2 N–H and O–H groups in total. The average Bonchev–Trinajstić information content (AvgIpc) is 2.44. The zero-order chi connectivity index (χ0) is 13.9. The van der Waals surface area contributed by atoms with E-state index in [1.54, 1.807) is 7.11 Å². The fourth-order valence-electron chi connectivity index (χ4n) is 3.52. The summed E-state index contributed by atoms with van der Waals surface area (Å²) in [6, 6.07) is 1.22. The number of rotatable bonds is 5. The van der Waals surface area contributed by atoms with E-state index in [0.29, 0.717) is 6.04 Å². The number of nitrogens with two attached hydrogens (primary N) is 1. The summed E-state index contributed by atoms with van der Waals surface area (Å²) < 4.78 is 5.57. The van der Waals surface area contributed by atoms with E-state index in [4.69, 9.17) is 10.5 Å². The Bertz CT molecular complexity index is 283. The third-order valence-electron chi connectivity index (χ3n) is 4.94. The van der Waals surface area contributed by atoms with Crippen molar-refractivity contribution in [2.75, 3.05) is 39.8 Å². The standard InChI is InChI=1S/C15H31N3O/c1-15(2,19-3)10-14(11-16)18-9-8-17-7-5-4-6-13(17)12-18/h13-14H,4-12,16H2,1-3H3. The molecular formula is C15H31N3O. The summed E-state index contributed by atoms with van der Waals surface area (Å²) in [6.45, 7) is 9.93. The summed E-state index contributed by atoms with van der Waals surface area (Å²) in [5.41, 5.74) is 5.95. The molecule has 0 amide bonds. The lowest BCUT2D eigenvalue weighted by Gasteiger charge is -2.47. The molecule has 0 spiro atoms. The van der Waals surface area contributed by atoms with Gasteiger partial charge in [0.25, 0.3) is 0 Å². The summed E-state index contributed by atoms with van der Waals surface area (Å²) in [4.78, 5) is 5.28. The Hall–Kier alpha value is -0.160. The third-order valence-corrected chi connectivity index (χ3v) is 4.94. The summed E-state index contributed by atoms with van der Waals surface area (Å²) in [5.74, 6) is 0. The highest BCUT2D eigenvalue weighted by Gasteiger charge is 2.33. The van der Waals surface area contributed by atoms with Crippen molar-refractivity contribution in [1.82, 2.24) is 9.80 Å². The van der Waals surface area contributed by atoms with Crippen LogP contribution in [0.1, 0.15) is 39.5 Å². The molecule has 2 aliphatic rings. The zero-order valence-electron chi connectivity index (χ0n) is 12.9. The number of hydrogen-bond acceptors (Lipinski definition) is 4. The van der Waals surface area contributed by atoms with Crippen LogP contribution in [0.3, 0.4) is 0 Å². The van der Waals surface area contributed by atoms with Gasteiger partial charge in [0.2, 0.25) is 0 Å². The molecule has 2 aliphatic heterocycles. The van der Waals surface area contributed by atoms with Gasteiger partial charge in [-0.15, -0.1) is 0 Å². The van der Waals surface area contributed by atoms with Crippen LogP contribution in [0.2, 0.25) is 0 Å². The quantitative estimate of drug-likeness (QED) is 0.817. The number of fused-ring (bicyclic) bond motifs is 1. The Morgan fingerprint density at radius 1 is 1.26 bits per heavy atom. The van der Waals surface area contributed by atoms with Gasteiger partial charge in [-0.05, 0) is 39.7 Å². The van der Waals surface area contributed by atoms with Crippen molar-refractivity contribution in [3.8, 4) is 0 Å². The van der Waals surface area contributed by atoms with E-state index < -0.39 is 0 Å². The van der Waals surface area contributed by atoms with Crippen LogP contribution < -0.4 is 5.73 Å². The molecule has 2 unspecified atom stereocenters. The first-order chi connectivity index (χ1) is 9.05. The van der Waals surface area contributed by atoms with E-state index in [9.17, 15) is 0 Å². The van der Waals surface area contributed by atoms with Gasteiger partial charge in [-0.1, -0.05) is 6.42 Å². The van der Waals surface area contributed by atoms with E-state index >= 15 is 0 Å². The predicted molar refractivity (Wildman–Crippen MR) is 79.3 cm³/mol. The second-order valence-electron chi connectivity index (χ2n) is 6.74. The van der Waals surface area contributed by atoms with Gasteiger partial charge in [-0.3, -0.25) is 9.80 Å².